The van der Waals surface area contributed by atoms with E-state index in [0.717, 1.165) is 28.9 Å². The maximum Gasteiger partial charge on any atom is 0.325 e. The van der Waals surface area contributed by atoms with Crippen LogP contribution in [0.15, 0.2) is 12.1 Å². The van der Waals surface area contributed by atoms with E-state index in [1.54, 1.807) is 0 Å². The summed E-state index contributed by atoms with van der Waals surface area (Å²) in [4.78, 5) is 26.0. The van der Waals surface area contributed by atoms with Gasteiger partial charge in [-0.25, -0.2) is 4.79 Å². The molecule has 1 aromatic carbocycles. The Balaban J connectivity index is 1.64. The second kappa shape index (κ2) is 7.68. The van der Waals surface area contributed by atoms with Gasteiger partial charge in [0.25, 0.3) is 5.91 Å². The predicted octanol–water partition coefficient (Wildman–Crippen LogP) is 3.38. The van der Waals surface area contributed by atoms with Crippen LogP contribution in [0, 0.1) is 6.92 Å². The molecule has 1 heterocycles. The summed E-state index contributed by atoms with van der Waals surface area (Å²) in [5.74, 6) is 0.646. The van der Waals surface area contributed by atoms with Gasteiger partial charge in [0.05, 0.1) is 6.54 Å². The third kappa shape index (κ3) is 3.92. The van der Waals surface area contributed by atoms with Crippen LogP contribution in [-0.4, -0.2) is 46.7 Å². The molecule has 3 rings (SSSR count). The molecule has 1 saturated heterocycles. The van der Waals surface area contributed by atoms with Crippen LogP contribution in [0.4, 0.5) is 4.79 Å². The molecule has 1 atom stereocenters. The van der Waals surface area contributed by atoms with Crippen LogP contribution in [0.25, 0.3) is 0 Å². The minimum Gasteiger partial charge on any atom is -0.491 e. The van der Waals surface area contributed by atoms with E-state index in [2.05, 4.69) is 5.32 Å². The molecule has 148 valence electrons. The van der Waals surface area contributed by atoms with Gasteiger partial charge >= 0.3 is 6.03 Å². The van der Waals surface area contributed by atoms with Crippen LogP contribution in [0.5, 0.6) is 5.75 Å². The van der Waals surface area contributed by atoms with Gasteiger partial charge in [0.2, 0.25) is 0 Å². The monoisotopic (exact) mass is 394 g/mol. The third-order valence-electron chi connectivity index (χ3n) is 5.44. The van der Waals surface area contributed by atoms with Gasteiger partial charge in [0.1, 0.15) is 24.0 Å². The predicted molar refractivity (Wildman–Crippen MR) is 103 cm³/mol. The van der Waals surface area contributed by atoms with Gasteiger partial charge in [-0.05, 0) is 48.9 Å². The molecule has 0 unspecified atom stereocenters. The van der Waals surface area contributed by atoms with Crippen molar-refractivity contribution in [3.63, 3.8) is 0 Å². The van der Waals surface area contributed by atoms with Gasteiger partial charge in [0.15, 0.2) is 0 Å². The van der Waals surface area contributed by atoms with Crippen LogP contribution in [-0.2, 0) is 4.79 Å². The van der Waals surface area contributed by atoms with Gasteiger partial charge in [-0.1, -0.05) is 38.3 Å². The molecule has 1 spiro atoms. The second-order valence-corrected chi connectivity index (χ2v) is 8.30. The zero-order valence-electron chi connectivity index (χ0n) is 16.0. The van der Waals surface area contributed by atoms with Crippen molar-refractivity contribution in [2.24, 2.45) is 0 Å². The third-order valence-corrected chi connectivity index (χ3v) is 5.85. The largest absolute Gasteiger partial charge is 0.491 e. The highest BCUT2D eigenvalue weighted by atomic mass is 35.5. The standard InChI is InChI=1S/C20H27ClN2O4/c1-12(2)15-9-16(21)13(3)8-17(15)27-11-14(24)10-23-18(25)20(22-19(23)26)6-4-5-7-20/h8-9,12,14,24H,4-7,10-11H2,1-3H3,(H,22,26)/t14-/m1/s1. The summed E-state index contributed by atoms with van der Waals surface area (Å²) in [6.07, 6.45) is 2.23. The Hall–Kier alpha value is -1.79. The number of halogens is 1. The Morgan fingerprint density at radius 2 is 1.96 bits per heavy atom. The van der Waals surface area contributed by atoms with Gasteiger partial charge in [0, 0.05) is 5.02 Å². The molecular weight excluding hydrogens is 368 g/mol. The number of carbonyl (C=O) groups excluding carboxylic acids is 2. The Kier molecular flexibility index (Phi) is 5.68. The summed E-state index contributed by atoms with van der Waals surface area (Å²) in [7, 11) is 0. The van der Waals surface area contributed by atoms with E-state index in [0.29, 0.717) is 23.6 Å². The van der Waals surface area contributed by atoms with Crippen molar-refractivity contribution in [2.45, 2.75) is 64.0 Å². The number of aliphatic hydroxyl groups excluding tert-OH is 1. The van der Waals surface area contributed by atoms with E-state index in [-0.39, 0.29) is 25.0 Å². The molecule has 2 aliphatic rings. The Morgan fingerprint density at radius 3 is 2.59 bits per heavy atom. The topological polar surface area (TPSA) is 78.9 Å². The highest BCUT2D eigenvalue weighted by Crippen LogP contribution is 2.35. The highest BCUT2D eigenvalue weighted by molar-refractivity contribution is 6.31. The number of nitrogens with one attached hydrogen (secondary N) is 1. The number of carbonyl (C=O) groups is 2. The van der Waals surface area contributed by atoms with Crippen LogP contribution >= 0.6 is 11.6 Å². The van der Waals surface area contributed by atoms with Gasteiger partial charge in [-0.3, -0.25) is 9.69 Å². The van der Waals surface area contributed by atoms with E-state index in [9.17, 15) is 14.7 Å². The molecule has 1 saturated carbocycles. The van der Waals surface area contributed by atoms with Gasteiger partial charge in [-0.2, -0.15) is 0 Å². The molecule has 1 aliphatic carbocycles. The molecule has 7 heteroatoms. The zero-order valence-corrected chi connectivity index (χ0v) is 16.8. The van der Waals surface area contributed by atoms with Crippen molar-refractivity contribution in [1.82, 2.24) is 10.2 Å². The minimum absolute atomic E-state index is 0.00908. The van der Waals surface area contributed by atoms with Crippen molar-refractivity contribution >= 4 is 23.5 Å². The molecular formula is C20H27ClN2O4. The Morgan fingerprint density at radius 1 is 1.30 bits per heavy atom. The number of urea groups is 1. The first-order valence-corrected chi connectivity index (χ1v) is 9.86. The zero-order chi connectivity index (χ0) is 19.8. The van der Waals surface area contributed by atoms with Crippen molar-refractivity contribution in [2.75, 3.05) is 13.2 Å². The van der Waals surface area contributed by atoms with Crippen LogP contribution in [0.2, 0.25) is 5.02 Å². The number of aryl methyl sites for hydroxylation is 1. The van der Waals surface area contributed by atoms with Crippen LogP contribution in [0.1, 0.15) is 56.6 Å². The molecule has 1 aliphatic heterocycles. The molecule has 0 aromatic heterocycles. The van der Waals surface area contributed by atoms with Crippen LogP contribution in [0.3, 0.4) is 0 Å². The van der Waals surface area contributed by atoms with Crippen molar-refractivity contribution in [3.8, 4) is 5.75 Å². The lowest BCUT2D eigenvalue weighted by molar-refractivity contribution is -0.132. The van der Waals surface area contributed by atoms with Crippen LogP contribution < -0.4 is 10.1 Å². The number of aliphatic hydroxyl groups is 1. The van der Waals surface area contributed by atoms with E-state index < -0.39 is 17.7 Å². The number of benzene rings is 1. The summed E-state index contributed by atoms with van der Waals surface area (Å²) in [5, 5.41) is 13.9. The molecule has 1 aromatic rings. The number of imide groups is 1. The average Bonchev–Trinajstić information content (AvgIpc) is 3.16. The van der Waals surface area contributed by atoms with Crippen molar-refractivity contribution < 1.29 is 19.4 Å². The lowest BCUT2D eigenvalue weighted by atomic mass is 9.98. The summed E-state index contributed by atoms with van der Waals surface area (Å²) in [5.41, 5.74) is 1.09. The quantitative estimate of drug-likeness (QED) is 0.725. The number of rotatable bonds is 6. The molecule has 3 amide bonds. The fourth-order valence-corrected chi connectivity index (χ4v) is 4.03. The number of amides is 3. The summed E-state index contributed by atoms with van der Waals surface area (Å²) in [6.45, 7) is 5.89. The first-order chi connectivity index (χ1) is 12.7. The fourth-order valence-electron chi connectivity index (χ4n) is 3.86. The van der Waals surface area contributed by atoms with Gasteiger partial charge < -0.3 is 15.2 Å². The molecule has 0 radical (unpaired) electrons. The molecule has 27 heavy (non-hydrogen) atoms. The second-order valence-electron chi connectivity index (χ2n) is 7.89. The summed E-state index contributed by atoms with van der Waals surface area (Å²) in [6, 6.07) is 3.31. The van der Waals surface area contributed by atoms with E-state index in [4.69, 9.17) is 16.3 Å². The molecule has 2 fully saturated rings. The number of hydrogen-bond donors (Lipinski definition) is 2. The minimum atomic E-state index is -0.966. The first-order valence-electron chi connectivity index (χ1n) is 9.48. The van der Waals surface area contributed by atoms with Crippen molar-refractivity contribution in [1.29, 1.82) is 0 Å². The van der Waals surface area contributed by atoms with E-state index >= 15 is 0 Å². The molecule has 6 nitrogen and oxygen atoms in total. The maximum absolute atomic E-state index is 12.7. The van der Waals surface area contributed by atoms with Crippen molar-refractivity contribution in [3.05, 3.63) is 28.3 Å². The molecule has 0 bridgehead atoms. The van der Waals surface area contributed by atoms with Gasteiger partial charge in [-0.15, -0.1) is 0 Å². The first kappa shape index (κ1) is 20.0. The number of nitrogens with zero attached hydrogens (tertiary/aromatic N) is 1. The summed E-state index contributed by atoms with van der Waals surface area (Å²) < 4.78 is 5.82. The lowest BCUT2D eigenvalue weighted by Gasteiger charge is -2.22. The number of hydrogen-bond acceptors (Lipinski definition) is 4. The highest BCUT2D eigenvalue weighted by Gasteiger charge is 2.52. The Labute approximate surface area is 164 Å². The molecule has 2 N–H and O–H groups in total. The fraction of sp³-hybridized carbons (Fsp3) is 0.600. The number of β-amino-alcohol motifs (C(OH)–C–C–N with tert-alkyl or cyclic N) is 1. The smallest absolute Gasteiger partial charge is 0.325 e. The average molecular weight is 395 g/mol. The van der Waals surface area contributed by atoms with E-state index in [1.807, 2.05) is 32.9 Å². The Bertz CT molecular complexity index is 744. The SMILES string of the molecule is Cc1cc(OC[C@H](O)CN2C(=O)NC3(CCCC3)C2=O)c(C(C)C)cc1Cl. The lowest BCUT2D eigenvalue weighted by Crippen LogP contribution is -2.45. The summed E-state index contributed by atoms with van der Waals surface area (Å²) >= 11 is 6.20. The van der Waals surface area contributed by atoms with E-state index in [1.165, 1.54) is 0 Å². The maximum atomic E-state index is 12.7. The number of ether oxygens (including phenoxy) is 1. The normalized spacial score (nSPS) is 19.9.